The monoisotopic (exact) mass is 290 g/mol. The van der Waals surface area contributed by atoms with Crippen LogP contribution in [-0.4, -0.2) is 41.7 Å². The molecule has 0 bridgehead atoms. The van der Waals surface area contributed by atoms with Gasteiger partial charge in [0.2, 0.25) is 0 Å². The summed E-state index contributed by atoms with van der Waals surface area (Å²) in [6.07, 6.45) is 2.42. The van der Waals surface area contributed by atoms with Crippen LogP contribution in [0.25, 0.3) is 0 Å². The summed E-state index contributed by atoms with van der Waals surface area (Å²) < 4.78 is 0. The number of piperidine rings is 1. The fourth-order valence-corrected chi connectivity index (χ4v) is 3.04. The van der Waals surface area contributed by atoms with Gasteiger partial charge in [0.15, 0.2) is 0 Å². The van der Waals surface area contributed by atoms with Crippen LogP contribution in [0.5, 0.6) is 0 Å². The summed E-state index contributed by atoms with van der Waals surface area (Å²) in [6.45, 7) is 9.90. The molecule has 1 aliphatic rings. The molecule has 0 aromatic heterocycles. The first-order valence-electron chi connectivity index (χ1n) is 7.84. The zero-order valence-corrected chi connectivity index (χ0v) is 13.2. The Bertz CT molecular complexity index is 494. The summed E-state index contributed by atoms with van der Waals surface area (Å²) in [5, 5.41) is 12.6. The molecule has 0 radical (unpaired) electrons. The number of aryl methyl sites for hydroxylation is 1. The van der Waals surface area contributed by atoms with E-state index < -0.39 is 5.97 Å². The van der Waals surface area contributed by atoms with Crippen LogP contribution < -0.4 is 5.32 Å². The van der Waals surface area contributed by atoms with Crippen molar-refractivity contribution in [1.29, 1.82) is 0 Å². The minimum atomic E-state index is -0.873. The molecule has 4 nitrogen and oxygen atoms in total. The number of benzene rings is 1. The summed E-state index contributed by atoms with van der Waals surface area (Å²) in [5.74, 6) is -0.220. The number of aromatic carboxylic acids is 1. The predicted octanol–water partition coefficient (Wildman–Crippen LogP) is 3.23. The number of hydrogen-bond acceptors (Lipinski definition) is 3. The number of likely N-dealkylation sites (tertiary alicyclic amines) is 1. The molecule has 0 aliphatic carbocycles. The van der Waals surface area contributed by atoms with E-state index in [1.807, 2.05) is 13.0 Å². The molecule has 4 heteroatoms. The van der Waals surface area contributed by atoms with Crippen molar-refractivity contribution in [2.24, 2.45) is 5.92 Å². The van der Waals surface area contributed by atoms with E-state index in [2.05, 4.69) is 24.1 Å². The Morgan fingerprint density at radius 1 is 1.43 bits per heavy atom. The Balaban J connectivity index is 2.01. The smallest absolute Gasteiger partial charge is 0.335 e. The molecule has 2 N–H and O–H groups in total. The largest absolute Gasteiger partial charge is 0.478 e. The van der Waals surface area contributed by atoms with Crippen molar-refractivity contribution in [3.8, 4) is 0 Å². The molecule has 1 heterocycles. The second kappa shape index (κ2) is 6.94. The zero-order valence-electron chi connectivity index (χ0n) is 13.2. The minimum Gasteiger partial charge on any atom is -0.478 e. The Hall–Kier alpha value is -1.55. The van der Waals surface area contributed by atoms with Crippen molar-refractivity contribution in [3.63, 3.8) is 0 Å². The fourth-order valence-electron chi connectivity index (χ4n) is 3.04. The summed E-state index contributed by atoms with van der Waals surface area (Å²) >= 11 is 0. The van der Waals surface area contributed by atoms with Crippen molar-refractivity contribution in [1.82, 2.24) is 4.90 Å². The van der Waals surface area contributed by atoms with Gasteiger partial charge in [-0.3, -0.25) is 0 Å². The van der Waals surface area contributed by atoms with Crippen molar-refractivity contribution in [2.75, 3.05) is 25.0 Å². The standard InChI is InChI=1S/C17H26N2O2/c1-4-19-9-7-14(8-10-19)13(3)18-16-11-15(17(20)21)6-5-12(16)2/h5-6,11,13-14,18H,4,7-10H2,1-3H3,(H,20,21). The van der Waals surface area contributed by atoms with Gasteiger partial charge in [0.05, 0.1) is 5.56 Å². The van der Waals surface area contributed by atoms with Gasteiger partial charge >= 0.3 is 5.97 Å². The molecular weight excluding hydrogens is 264 g/mol. The van der Waals surface area contributed by atoms with Crippen molar-refractivity contribution in [3.05, 3.63) is 29.3 Å². The molecule has 0 saturated carbocycles. The van der Waals surface area contributed by atoms with Gasteiger partial charge in [-0.05, 0) is 69.9 Å². The highest BCUT2D eigenvalue weighted by molar-refractivity contribution is 5.89. The van der Waals surface area contributed by atoms with Crippen LogP contribution in [0.1, 0.15) is 42.6 Å². The van der Waals surface area contributed by atoms with Gasteiger partial charge in [-0.2, -0.15) is 0 Å². The highest BCUT2D eigenvalue weighted by atomic mass is 16.4. The Morgan fingerprint density at radius 3 is 2.67 bits per heavy atom. The highest BCUT2D eigenvalue weighted by Crippen LogP contribution is 2.25. The van der Waals surface area contributed by atoms with Gasteiger partial charge in [0.25, 0.3) is 0 Å². The molecular formula is C17H26N2O2. The van der Waals surface area contributed by atoms with Crippen LogP contribution in [0.15, 0.2) is 18.2 Å². The molecule has 1 fully saturated rings. The van der Waals surface area contributed by atoms with Crippen molar-refractivity contribution < 1.29 is 9.90 Å². The van der Waals surface area contributed by atoms with E-state index in [-0.39, 0.29) is 0 Å². The molecule has 1 aromatic carbocycles. The molecule has 0 amide bonds. The van der Waals surface area contributed by atoms with Crippen LogP contribution in [0.3, 0.4) is 0 Å². The Kier molecular flexibility index (Phi) is 5.23. The van der Waals surface area contributed by atoms with Crippen LogP contribution in [-0.2, 0) is 0 Å². The fraction of sp³-hybridized carbons (Fsp3) is 0.588. The summed E-state index contributed by atoms with van der Waals surface area (Å²) in [7, 11) is 0. The third-order valence-corrected chi connectivity index (χ3v) is 4.65. The molecule has 1 saturated heterocycles. The number of carboxylic acid groups (broad SMARTS) is 1. The lowest BCUT2D eigenvalue weighted by molar-refractivity contribution is 0.0697. The van der Waals surface area contributed by atoms with Crippen LogP contribution in [0.4, 0.5) is 5.69 Å². The second-order valence-electron chi connectivity index (χ2n) is 6.04. The van der Waals surface area contributed by atoms with E-state index in [0.29, 0.717) is 17.5 Å². The summed E-state index contributed by atoms with van der Waals surface area (Å²) in [5.41, 5.74) is 2.38. The van der Waals surface area contributed by atoms with Gasteiger partial charge in [0.1, 0.15) is 0 Å². The number of anilines is 1. The van der Waals surface area contributed by atoms with E-state index in [0.717, 1.165) is 17.8 Å². The molecule has 21 heavy (non-hydrogen) atoms. The van der Waals surface area contributed by atoms with Gasteiger partial charge in [-0.1, -0.05) is 13.0 Å². The van der Waals surface area contributed by atoms with Gasteiger partial charge in [-0.15, -0.1) is 0 Å². The minimum absolute atomic E-state index is 0.344. The number of carbonyl (C=O) groups is 1. The SMILES string of the molecule is CCN1CCC(C(C)Nc2cc(C(=O)O)ccc2C)CC1. The third-order valence-electron chi connectivity index (χ3n) is 4.65. The summed E-state index contributed by atoms with van der Waals surface area (Å²) in [6, 6.07) is 5.65. The summed E-state index contributed by atoms with van der Waals surface area (Å²) in [4.78, 5) is 13.6. The molecule has 1 aliphatic heterocycles. The van der Waals surface area contributed by atoms with Crippen molar-refractivity contribution in [2.45, 2.75) is 39.7 Å². The normalized spacial score (nSPS) is 18.4. The first-order chi connectivity index (χ1) is 10.0. The number of nitrogens with zero attached hydrogens (tertiary/aromatic N) is 1. The number of hydrogen-bond donors (Lipinski definition) is 2. The maximum Gasteiger partial charge on any atom is 0.335 e. The first kappa shape index (κ1) is 15.8. The average molecular weight is 290 g/mol. The van der Waals surface area contributed by atoms with E-state index in [1.54, 1.807) is 12.1 Å². The van der Waals surface area contributed by atoms with E-state index in [4.69, 9.17) is 5.11 Å². The number of nitrogens with one attached hydrogen (secondary N) is 1. The second-order valence-corrected chi connectivity index (χ2v) is 6.04. The lowest BCUT2D eigenvalue weighted by atomic mass is 9.90. The maximum atomic E-state index is 11.1. The van der Waals surface area contributed by atoms with E-state index in [9.17, 15) is 4.79 Å². The first-order valence-corrected chi connectivity index (χ1v) is 7.84. The molecule has 1 atom stereocenters. The van der Waals surface area contributed by atoms with Crippen LogP contribution >= 0.6 is 0 Å². The molecule has 2 rings (SSSR count). The van der Waals surface area contributed by atoms with Crippen LogP contribution in [0.2, 0.25) is 0 Å². The Morgan fingerprint density at radius 2 is 2.10 bits per heavy atom. The van der Waals surface area contributed by atoms with Crippen molar-refractivity contribution >= 4 is 11.7 Å². The molecule has 1 aromatic rings. The molecule has 0 spiro atoms. The maximum absolute atomic E-state index is 11.1. The number of carboxylic acids is 1. The average Bonchev–Trinajstić information content (AvgIpc) is 2.49. The van der Waals surface area contributed by atoms with Gasteiger partial charge in [-0.25, -0.2) is 4.79 Å². The highest BCUT2D eigenvalue weighted by Gasteiger charge is 2.23. The molecule has 1 unspecified atom stereocenters. The van der Waals surface area contributed by atoms with Gasteiger partial charge in [0, 0.05) is 11.7 Å². The van der Waals surface area contributed by atoms with E-state index in [1.165, 1.54) is 25.9 Å². The zero-order chi connectivity index (χ0) is 15.4. The molecule has 116 valence electrons. The quantitative estimate of drug-likeness (QED) is 0.874. The van der Waals surface area contributed by atoms with E-state index >= 15 is 0 Å². The lowest BCUT2D eigenvalue weighted by Gasteiger charge is -2.35. The van der Waals surface area contributed by atoms with Crippen LogP contribution in [0, 0.1) is 12.8 Å². The predicted molar refractivity (Wildman–Crippen MR) is 86.1 cm³/mol. The van der Waals surface area contributed by atoms with Gasteiger partial charge < -0.3 is 15.3 Å². The lowest BCUT2D eigenvalue weighted by Crippen LogP contribution is -2.39. The third kappa shape index (κ3) is 3.97. The number of rotatable bonds is 5. The Labute approximate surface area is 127 Å². The topological polar surface area (TPSA) is 52.6 Å².